The van der Waals surface area contributed by atoms with E-state index in [0.717, 1.165) is 0 Å². The van der Waals surface area contributed by atoms with Crippen LogP contribution in [0, 0.1) is 11.3 Å². The molecule has 0 saturated carbocycles. The molecule has 0 saturated heterocycles. The fourth-order valence-corrected chi connectivity index (χ4v) is 0.833. The van der Waals surface area contributed by atoms with Gasteiger partial charge in [-0.1, -0.05) is 5.11 Å². The maximum atomic E-state index is 7.68. The standard InChI is InChI=1S/C2H2N4.B10/c3-1-2-5-6-4;1-7(2)10(8(3)4)9(5)6/h2H2;. The van der Waals surface area contributed by atoms with Gasteiger partial charge in [0.15, 0.2) is 0 Å². The van der Waals surface area contributed by atoms with Crippen LogP contribution in [0.5, 0.6) is 0 Å². The third-order valence-electron chi connectivity index (χ3n) is 1.54. The third kappa shape index (κ3) is 9.98. The highest BCUT2D eigenvalue weighted by Gasteiger charge is 2.24. The summed E-state index contributed by atoms with van der Waals surface area (Å²) in [5.74, 6) is 0. The molecule has 0 aliphatic carbocycles. The van der Waals surface area contributed by atoms with Gasteiger partial charge in [0.1, 0.15) is 6.54 Å². The SMILES string of the molecule is N#CCN=[N+]=[N-].[B]B([B])B(B([B])[B])B([B])[B]. The second-order valence-corrected chi connectivity index (χ2v) is 2.86. The van der Waals surface area contributed by atoms with Gasteiger partial charge in [0, 0.05) is 76.9 Å². The quantitative estimate of drug-likeness (QED) is 0.153. The molecule has 0 bridgehead atoms. The van der Waals surface area contributed by atoms with Crippen LogP contribution in [0.4, 0.5) is 0 Å². The van der Waals surface area contributed by atoms with Crippen molar-refractivity contribution in [2.24, 2.45) is 5.11 Å². The number of hydrogen-bond donors (Lipinski definition) is 0. The van der Waals surface area contributed by atoms with Gasteiger partial charge in [-0.2, -0.15) is 5.26 Å². The molecule has 12 radical (unpaired) electrons. The van der Waals surface area contributed by atoms with E-state index in [2.05, 4.69) is 10.0 Å². The van der Waals surface area contributed by atoms with E-state index in [1.807, 2.05) is 0 Å². The Hall–Kier alpha value is -0.551. The smallest absolute Gasteiger partial charge is 0.114 e. The topological polar surface area (TPSA) is 72.5 Å². The van der Waals surface area contributed by atoms with Crippen molar-refractivity contribution in [3.05, 3.63) is 10.4 Å². The first kappa shape index (κ1) is 17.8. The molecule has 0 unspecified atom stereocenters. The van der Waals surface area contributed by atoms with Crippen molar-refractivity contribution >= 4 is 72.0 Å². The van der Waals surface area contributed by atoms with Crippen LogP contribution in [-0.4, -0.2) is 78.5 Å². The molecule has 0 atom stereocenters. The van der Waals surface area contributed by atoms with Gasteiger partial charge >= 0.3 is 0 Å². The normalized spacial score (nSPS) is 7.19. The largest absolute Gasteiger partial charge is 0.198 e. The first-order chi connectivity index (χ1) is 7.38. The average molecular weight is 190 g/mol. The molecular formula is C2H2B10N4. The molecule has 0 heterocycles. The Labute approximate surface area is 106 Å². The zero-order valence-corrected chi connectivity index (χ0v) is 8.77. The lowest BCUT2D eigenvalue weighted by atomic mass is 8.58. The van der Waals surface area contributed by atoms with Crippen molar-refractivity contribution in [1.82, 2.24) is 0 Å². The van der Waals surface area contributed by atoms with Gasteiger partial charge in [0.2, 0.25) is 0 Å². The minimum Gasteiger partial charge on any atom is -0.198 e. The summed E-state index contributed by atoms with van der Waals surface area (Å²) < 4.78 is 0. The monoisotopic (exact) mass is 192 g/mol. The van der Waals surface area contributed by atoms with E-state index in [-0.39, 0.29) is 6.54 Å². The van der Waals surface area contributed by atoms with Crippen molar-refractivity contribution in [3.8, 4) is 6.07 Å². The van der Waals surface area contributed by atoms with E-state index in [1.165, 1.54) is 0 Å². The zero-order chi connectivity index (χ0) is 13.1. The summed E-state index contributed by atoms with van der Waals surface area (Å²) in [4.78, 5) is 2.33. The number of azide groups is 1. The second kappa shape index (κ2) is 11.0. The minimum absolute atomic E-state index is 0.0729. The number of nitriles is 1. The molecule has 60 valence electrons. The lowest BCUT2D eigenvalue weighted by Crippen LogP contribution is -2.62. The van der Waals surface area contributed by atoms with Crippen LogP contribution >= 0.6 is 0 Å². The number of hydrogen-bond acceptors (Lipinski definition) is 2. The predicted octanol–water partition coefficient (Wildman–Crippen LogP) is -2.99. The van der Waals surface area contributed by atoms with E-state index in [9.17, 15) is 0 Å². The van der Waals surface area contributed by atoms with Gasteiger partial charge < -0.3 is 0 Å². The first-order valence-corrected chi connectivity index (χ1v) is 4.29. The highest BCUT2D eigenvalue weighted by Crippen LogP contribution is 1.86. The molecule has 0 rings (SSSR count). The highest BCUT2D eigenvalue weighted by atomic mass is 15.1. The van der Waals surface area contributed by atoms with Gasteiger partial charge in [-0.25, -0.2) is 0 Å². The van der Waals surface area contributed by atoms with Crippen molar-refractivity contribution in [2.75, 3.05) is 6.54 Å². The van der Waals surface area contributed by atoms with Crippen LogP contribution in [0.25, 0.3) is 10.4 Å². The van der Waals surface area contributed by atoms with Crippen molar-refractivity contribution in [3.63, 3.8) is 0 Å². The summed E-state index contributed by atoms with van der Waals surface area (Å²) in [6, 6.07) is 1.65. The fraction of sp³-hybridized carbons (Fsp3) is 0.500. The highest BCUT2D eigenvalue weighted by molar-refractivity contribution is 8.00. The van der Waals surface area contributed by atoms with E-state index >= 15 is 0 Å². The molecule has 0 N–H and O–H groups in total. The van der Waals surface area contributed by atoms with Crippen LogP contribution in [0.2, 0.25) is 0 Å². The predicted molar refractivity (Wildman–Crippen MR) is 77.2 cm³/mol. The van der Waals surface area contributed by atoms with Crippen LogP contribution in [0.1, 0.15) is 0 Å². The van der Waals surface area contributed by atoms with Gasteiger partial charge in [-0.15, -0.1) is 0 Å². The lowest BCUT2D eigenvalue weighted by molar-refractivity contribution is 1.21. The molecule has 16 heavy (non-hydrogen) atoms. The minimum atomic E-state index is -0.667. The van der Waals surface area contributed by atoms with Gasteiger partial charge in [-0.3, -0.25) is 0 Å². The van der Waals surface area contributed by atoms with E-state index in [1.54, 1.807) is 6.07 Å². The summed E-state index contributed by atoms with van der Waals surface area (Å²) in [5, 5.41) is 10.6. The summed E-state index contributed by atoms with van der Waals surface area (Å²) >= 11 is 0. The van der Waals surface area contributed by atoms with E-state index < -0.39 is 25.5 Å². The number of rotatable bonds is 4. The van der Waals surface area contributed by atoms with Crippen molar-refractivity contribution in [2.45, 2.75) is 0 Å². The maximum absolute atomic E-state index is 7.68. The Balaban J connectivity index is 0. The Kier molecular flexibility index (Phi) is 12.2. The van der Waals surface area contributed by atoms with E-state index in [4.69, 9.17) is 57.2 Å². The second-order valence-electron chi connectivity index (χ2n) is 2.86. The fourth-order valence-electron chi connectivity index (χ4n) is 0.833. The van der Waals surface area contributed by atoms with Crippen LogP contribution < -0.4 is 0 Å². The Morgan fingerprint density at radius 2 is 1.44 bits per heavy atom. The Bertz CT molecular complexity index is 233. The van der Waals surface area contributed by atoms with E-state index in [0.29, 0.717) is 0 Å². The molecular weight excluding hydrogens is 188 g/mol. The zero-order valence-electron chi connectivity index (χ0n) is 8.77. The number of nitrogens with zero attached hydrogens (tertiary/aromatic N) is 4. The molecule has 0 amide bonds. The molecule has 0 fully saturated rings. The summed E-state index contributed by atoms with van der Waals surface area (Å²) in [7, 11) is 31.8. The molecule has 0 aromatic carbocycles. The lowest BCUT2D eigenvalue weighted by Gasteiger charge is -2.23. The summed E-state index contributed by atoms with van der Waals surface area (Å²) in [6.07, 6.45) is -2.44. The maximum Gasteiger partial charge on any atom is 0.114 e. The van der Waals surface area contributed by atoms with Gasteiger partial charge in [-0.05, 0) is 5.53 Å². The van der Waals surface area contributed by atoms with Gasteiger partial charge in [0.25, 0.3) is 0 Å². The molecule has 14 heteroatoms. The third-order valence-corrected chi connectivity index (χ3v) is 1.54. The summed E-state index contributed by atoms with van der Waals surface area (Å²) in [5.41, 5.74) is 7.50. The Morgan fingerprint density at radius 3 is 1.50 bits per heavy atom. The molecule has 0 spiro atoms. The Morgan fingerprint density at radius 1 is 1.06 bits per heavy atom. The van der Waals surface area contributed by atoms with Crippen LogP contribution in [-0.2, 0) is 0 Å². The van der Waals surface area contributed by atoms with Gasteiger partial charge in [0.05, 0.1) is 6.07 Å². The summed E-state index contributed by atoms with van der Waals surface area (Å²) in [6.45, 7) is -0.0729. The molecule has 0 aromatic rings. The first-order valence-electron chi connectivity index (χ1n) is 4.29. The average Bonchev–Trinajstić information content (AvgIpc) is 2.13. The molecule has 0 aliphatic rings. The molecule has 4 nitrogen and oxygen atoms in total. The van der Waals surface area contributed by atoms with Crippen molar-refractivity contribution in [1.29, 1.82) is 5.26 Å². The molecule has 0 aromatic heterocycles. The van der Waals surface area contributed by atoms with Crippen LogP contribution in [0.15, 0.2) is 5.11 Å². The molecule has 0 aliphatic heterocycles. The van der Waals surface area contributed by atoms with Crippen LogP contribution in [0.3, 0.4) is 0 Å². The van der Waals surface area contributed by atoms with Crippen molar-refractivity contribution < 1.29 is 0 Å².